The Morgan fingerprint density at radius 2 is 2.00 bits per heavy atom. The standard InChI is InChI=1S/C18H16N2O4S/c1-2-24-15-9-11(7-8-14(15)22)10-16-17(23)20-18(25-16)19-12-5-3-4-6-13(12)21/h3-10,21-22H,2H2,1H3,(H,19,20,23)/b16-10+. The summed E-state index contributed by atoms with van der Waals surface area (Å²) >= 11 is 1.18. The minimum Gasteiger partial charge on any atom is -0.506 e. The molecule has 0 atom stereocenters. The molecule has 0 radical (unpaired) electrons. The van der Waals surface area contributed by atoms with Gasteiger partial charge < -0.3 is 20.3 Å². The van der Waals surface area contributed by atoms with E-state index in [1.807, 2.05) is 6.92 Å². The van der Waals surface area contributed by atoms with Gasteiger partial charge in [0.15, 0.2) is 16.7 Å². The summed E-state index contributed by atoms with van der Waals surface area (Å²) in [5.41, 5.74) is 1.11. The molecular formula is C18H16N2O4S. The molecule has 1 heterocycles. The number of phenolic OH excluding ortho intramolecular Hbond substituents is 2. The molecule has 0 spiro atoms. The fourth-order valence-corrected chi connectivity index (χ4v) is 3.03. The molecule has 2 aromatic rings. The van der Waals surface area contributed by atoms with Gasteiger partial charge in [0.1, 0.15) is 11.4 Å². The summed E-state index contributed by atoms with van der Waals surface area (Å²) < 4.78 is 5.34. The molecule has 2 aromatic carbocycles. The summed E-state index contributed by atoms with van der Waals surface area (Å²) in [6.07, 6.45) is 1.69. The van der Waals surface area contributed by atoms with Gasteiger partial charge in [-0.05, 0) is 54.6 Å². The number of phenols is 2. The lowest BCUT2D eigenvalue weighted by Gasteiger charge is -2.06. The van der Waals surface area contributed by atoms with Gasteiger partial charge in [-0.15, -0.1) is 0 Å². The highest BCUT2D eigenvalue weighted by Crippen LogP contribution is 2.33. The molecule has 0 aromatic heterocycles. The molecule has 3 N–H and O–H groups in total. The second-order valence-corrected chi connectivity index (χ2v) is 6.16. The maximum absolute atomic E-state index is 12.1. The van der Waals surface area contributed by atoms with E-state index in [-0.39, 0.29) is 17.4 Å². The van der Waals surface area contributed by atoms with Crippen LogP contribution in [-0.4, -0.2) is 27.9 Å². The number of rotatable bonds is 4. The van der Waals surface area contributed by atoms with E-state index < -0.39 is 0 Å². The van der Waals surface area contributed by atoms with E-state index >= 15 is 0 Å². The third-order valence-electron chi connectivity index (χ3n) is 3.34. The molecule has 7 heteroatoms. The largest absolute Gasteiger partial charge is 0.506 e. The highest BCUT2D eigenvalue weighted by Gasteiger charge is 2.24. The quantitative estimate of drug-likeness (QED) is 0.731. The van der Waals surface area contributed by atoms with Gasteiger partial charge in [-0.2, -0.15) is 0 Å². The molecule has 25 heavy (non-hydrogen) atoms. The lowest BCUT2D eigenvalue weighted by atomic mass is 10.2. The first-order valence-electron chi connectivity index (χ1n) is 7.60. The number of carbonyl (C=O) groups excluding carboxylic acids is 1. The van der Waals surface area contributed by atoms with E-state index in [2.05, 4.69) is 10.3 Å². The van der Waals surface area contributed by atoms with E-state index in [1.54, 1.807) is 36.4 Å². The number of aromatic hydroxyl groups is 2. The van der Waals surface area contributed by atoms with Crippen molar-refractivity contribution in [2.24, 2.45) is 4.99 Å². The lowest BCUT2D eigenvalue weighted by molar-refractivity contribution is -0.115. The zero-order valence-electron chi connectivity index (χ0n) is 13.4. The minimum atomic E-state index is -0.273. The molecule has 6 nitrogen and oxygen atoms in total. The van der Waals surface area contributed by atoms with Crippen LogP contribution < -0.4 is 10.1 Å². The number of amides is 1. The number of para-hydroxylation sites is 2. The number of benzene rings is 2. The molecule has 1 fully saturated rings. The van der Waals surface area contributed by atoms with Crippen molar-refractivity contribution in [2.75, 3.05) is 6.61 Å². The second kappa shape index (κ2) is 7.31. The molecule has 1 saturated heterocycles. The molecular weight excluding hydrogens is 340 g/mol. The monoisotopic (exact) mass is 356 g/mol. The third-order valence-corrected chi connectivity index (χ3v) is 4.25. The van der Waals surface area contributed by atoms with Gasteiger partial charge in [0.25, 0.3) is 5.91 Å². The minimum absolute atomic E-state index is 0.0437. The Hall–Kier alpha value is -2.93. The first-order valence-corrected chi connectivity index (χ1v) is 8.42. The van der Waals surface area contributed by atoms with Crippen molar-refractivity contribution in [1.82, 2.24) is 5.32 Å². The predicted molar refractivity (Wildman–Crippen MR) is 98.2 cm³/mol. The van der Waals surface area contributed by atoms with Crippen molar-refractivity contribution in [3.8, 4) is 17.2 Å². The number of amidine groups is 1. The molecule has 0 saturated carbocycles. The number of nitrogens with zero attached hydrogens (tertiary/aromatic N) is 1. The maximum atomic E-state index is 12.1. The number of ether oxygens (including phenoxy) is 1. The van der Waals surface area contributed by atoms with Crippen LogP contribution in [0.2, 0.25) is 0 Å². The molecule has 0 unspecified atom stereocenters. The molecule has 0 aliphatic carbocycles. The topological polar surface area (TPSA) is 91.2 Å². The molecule has 1 amide bonds. The number of thioether (sulfide) groups is 1. The van der Waals surface area contributed by atoms with Gasteiger partial charge in [-0.3, -0.25) is 4.79 Å². The van der Waals surface area contributed by atoms with Gasteiger partial charge in [-0.1, -0.05) is 18.2 Å². The number of aliphatic imine (C=N–C) groups is 1. The summed E-state index contributed by atoms with van der Waals surface area (Å²) in [5.74, 6) is 0.185. The highest BCUT2D eigenvalue weighted by molar-refractivity contribution is 8.18. The fourth-order valence-electron chi connectivity index (χ4n) is 2.19. The van der Waals surface area contributed by atoms with Crippen LogP contribution in [-0.2, 0) is 4.79 Å². The van der Waals surface area contributed by atoms with Gasteiger partial charge >= 0.3 is 0 Å². The van der Waals surface area contributed by atoms with Crippen LogP contribution in [0.25, 0.3) is 6.08 Å². The Morgan fingerprint density at radius 1 is 1.20 bits per heavy atom. The summed E-state index contributed by atoms with van der Waals surface area (Å²) in [6.45, 7) is 2.26. The summed E-state index contributed by atoms with van der Waals surface area (Å²) in [5, 5.41) is 22.6. The average Bonchev–Trinajstić information content (AvgIpc) is 2.92. The summed E-state index contributed by atoms with van der Waals surface area (Å²) in [7, 11) is 0. The van der Waals surface area contributed by atoms with E-state index in [9.17, 15) is 15.0 Å². The van der Waals surface area contributed by atoms with Crippen molar-refractivity contribution in [2.45, 2.75) is 6.92 Å². The van der Waals surface area contributed by atoms with Crippen molar-refractivity contribution in [3.05, 3.63) is 52.9 Å². The Labute approximate surface area is 148 Å². The van der Waals surface area contributed by atoms with Gasteiger partial charge in [-0.25, -0.2) is 4.99 Å². The summed E-state index contributed by atoms with van der Waals surface area (Å²) in [6, 6.07) is 11.5. The van der Waals surface area contributed by atoms with Gasteiger partial charge in [0, 0.05) is 0 Å². The highest BCUT2D eigenvalue weighted by atomic mass is 32.2. The lowest BCUT2D eigenvalue weighted by Crippen LogP contribution is -2.19. The van der Waals surface area contributed by atoms with Crippen LogP contribution in [0.15, 0.2) is 52.4 Å². The number of nitrogens with one attached hydrogen (secondary N) is 1. The summed E-state index contributed by atoms with van der Waals surface area (Å²) in [4.78, 5) is 16.8. The predicted octanol–water partition coefficient (Wildman–Crippen LogP) is 3.39. The normalized spacial score (nSPS) is 17.1. The second-order valence-electron chi connectivity index (χ2n) is 5.13. The van der Waals surface area contributed by atoms with Gasteiger partial charge in [0.05, 0.1) is 11.5 Å². The van der Waals surface area contributed by atoms with E-state index in [0.717, 1.165) is 5.56 Å². The van der Waals surface area contributed by atoms with Gasteiger partial charge in [0.2, 0.25) is 0 Å². The molecule has 1 aliphatic heterocycles. The number of hydrogen-bond acceptors (Lipinski definition) is 6. The van der Waals surface area contributed by atoms with Crippen LogP contribution >= 0.6 is 11.8 Å². The number of hydrogen-bond donors (Lipinski definition) is 3. The molecule has 3 rings (SSSR count). The first-order chi connectivity index (χ1) is 12.1. The van der Waals surface area contributed by atoms with Crippen molar-refractivity contribution in [3.63, 3.8) is 0 Å². The van der Waals surface area contributed by atoms with Crippen LogP contribution in [0.4, 0.5) is 5.69 Å². The third kappa shape index (κ3) is 3.95. The van der Waals surface area contributed by atoms with Crippen LogP contribution in [0.1, 0.15) is 12.5 Å². The fraction of sp³-hybridized carbons (Fsp3) is 0.111. The average molecular weight is 356 g/mol. The van der Waals surface area contributed by atoms with Crippen molar-refractivity contribution < 1.29 is 19.7 Å². The zero-order valence-corrected chi connectivity index (χ0v) is 14.2. The van der Waals surface area contributed by atoms with Crippen LogP contribution in [0.3, 0.4) is 0 Å². The van der Waals surface area contributed by atoms with Crippen molar-refractivity contribution in [1.29, 1.82) is 0 Å². The Kier molecular flexibility index (Phi) is 4.95. The van der Waals surface area contributed by atoms with E-state index in [1.165, 1.54) is 23.9 Å². The SMILES string of the molecule is CCOc1cc(/C=C2/SC(=Nc3ccccc3O)NC2=O)ccc1O. The maximum Gasteiger partial charge on any atom is 0.264 e. The Bertz CT molecular complexity index is 877. The van der Waals surface area contributed by atoms with E-state index in [0.29, 0.717) is 28.1 Å². The smallest absolute Gasteiger partial charge is 0.264 e. The first kappa shape index (κ1) is 16.9. The van der Waals surface area contributed by atoms with Crippen molar-refractivity contribution >= 4 is 34.6 Å². The Balaban J connectivity index is 1.84. The molecule has 1 aliphatic rings. The molecule has 128 valence electrons. The van der Waals surface area contributed by atoms with Crippen LogP contribution in [0.5, 0.6) is 17.2 Å². The number of carbonyl (C=O) groups is 1. The molecule has 0 bridgehead atoms. The van der Waals surface area contributed by atoms with E-state index in [4.69, 9.17) is 4.74 Å². The van der Waals surface area contributed by atoms with Crippen LogP contribution in [0, 0.1) is 0 Å². The Morgan fingerprint density at radius 3 is 2.76 bits per heavy atom. The zero-order chi connectivity index (χ0) is 17.8.